The Morgan fingerprint density at radius 2 is 1.72 bits per heavy atom. The third-order valence-corrected chi connectivity index (χ3v) is 3.77. The van der Waals surface area contributed by atoms with E-state index in [2.05, 4.69) is 0 Å². The number of carboxylic acid groups (broad SMARTS) is 1. The Hall–Kier alpha value is -1.14. The maximum Gasteiger partial charge on any atom is 0.311 e. The van der Waals surface area contributed by atoms with Gasteiger partial charge in [-0.15, -0.1) is 0 Å². The highest BCUT2D eigenvalue weighted by Gasteiger charge is 2.92. The second-order valence-electron chi connectivity index (χ2n) is 5.21. The molecule has 3 rings (SSSR count). The van der Waals surface area contributed by atoms with Gasteiger partial charge in [-0.25, -0.2) is 0 Å². The van der Waals surface area contributed by atoms with Crippen LogP contribution in [-0.4, -0.2) is 34.7 Å². The zero-order valence-corrected chi connectivity index (χ0v) is 10.0. The van der Waals surface area contributed by atoms with Gasteiger partial charge in [-0.05, 0) is 25.7 Å². The van der Waals surface area contributed by atoms with Crippen LogP contribution in [0.25, 0.3) is 0 Å². The summed E-state index contributed by atoms with van der Waals surface area (Å²) in [6.07, 6.45) is 5.01. The molecule has 0 aromatic heterocycles. The molecule has 2 aliphatic heterocycles. The number of carbonyl (C=O) groups is 2. The van der Waals surface area contributed by atoms with E-state index in [4.69, 9.17) is 19.3 Å². The summed E-state index contributed by atoms with van der Waals surface area (Å²) in [6.45, 7) is 0. The smallest absolute Gasteiger partial charge is 0.311 e. The van der Waals surface area contributed by atoms with Crippen molar-refractivity contribution in [3.63, 3.8) is 0 Å². The van der Waals surface area contributed by atoms with Gasteiger partial charge >= 0.3 is 11.9 Å². The minimum absolute atomic E-state index is 0.00319. The van der Waals surface area contributed by atoms with Gasteiger partial charge in [0.1, 0.15) is 18.9 Å². The standard InChI is InChI=1S/C12H16O6/c13-9(14)6-11-12(17-11,18-11)7-10(15)16-8-4-2-1-3-5-8/h8H,1-7H2,(H,13,14). The number of aliphatic carboxylic acids is 1. The average molecular weight is 256 g/mol. The van der Waals surface area contributed by atoms with Crippen molar-refractivity contribution in [2.75, 3.05) is 0 Å². The van der Waals surface area contributed by atoms with Gasteiger partial charge in [-0.1, -0.05) is 6.42 Å². The minimum atomic E-state index is -1.04. The van der Waals surface area contributed by atoms with Gasteiger partial charge in [0, 0.05) is 0 Å². The highest BCUT2D eigenvalue weighted by atomic mass is 17.0. The van der Waals surface area contributed by atoms with Gasteiger partial charge in [0.2, 0.25) is 11.6 Å². The summed E-state index contributed by atoms with van der Waals surface area (Å²) in [5, 5.41) is 8.65. The van der Waals surface area contributed by atoms with Crippen LogP contribution in [0, 0.1) is 0 Å². The normalized spacial score (nSPS) is 37.8. The summed E-state index contributed by atoms with van der Waals surface area (Å²) in [5.74, 6) is -3.37. The average Bonchev–Trinajstić information content (AvgIpc) is 3.03. The second-order valence-corrected chi connectivity index (χ2v) is 5.21. The predicted molar refractivity (Wildman–Crippen MR) is 57.5 cm³/mol. The number of hydrogen-bond donors (Lipinski definition) is 1. The predicted octanol–water partition coefficient (Wildman–Crippen LogP) is 1.18. The number of hydrogen-bond acceptors (Lipinski definition) is 5. The molecule has 0 aromatic rings. The van der Waals surface area contributed by atoms with E-state index >= 15 is 0 Å². The van der Waals surface area contributed by atoms with E-state index in [9.17, 15) is 9.59 Å². The summed E-state index contributed by atoms with van der Waals surface area (Å²) in [5.41, 5.74) is 0. The van der Waals surface area contributed by atoms with E-state index in [0.717, 1.165) is 25.7 Å². The van der Waals surface area contributed by atoms with Gasteiger partial charge < -0.3 is 19.3 Å². The monoisotopic (exact) mass is 256 g/mol. The second kappa shape index (κ2) is 3.93. The molecule has 0 spiro atoms. The van der Waals surface area contributed by atoms with Crippen LogP contribution >= 0.6 is 0 Å². The largest absolute Gasteiger partial charge is 0.481 e. The molecule has 100 valence electrons. The van der Waals surface area contributed by atoms with Crippen molar-refractivity contribution in [3.05, 3.63) is 0 Å². The number of carboxylic acids is 1. The zero-order valence-electron chi connectivity index (χ0n) is 10.0. The van der Waals surface area contributed by atoms with E-state index in [1.807, 2.05) is 0 Å². The van der Waals surface area contributed by atoms with Crippen molar-refractivity contribution in [2.45, 2.75) is 62.6 Å². The van der Waals surface area contributed by atoms with Crippen LogP contribution in [0.15, 0.2) is 0 Å². The van der Waals surface area contributed by atoms with E-state index in [1.54, 1.807) is 0 Å². The summed E-state index contributed by atoms with van der Waals surface area (Å²) in [7, 11) is 0. The molecule has 0 unspecified atom stereocenters. The lowest BCUT2D eigenvalue weighted by atomic mass is 9.98. The molecule has 6 nitrogen and oxygen atoms in total. The maximum atomic E-state index is 11.7. The fourth-order valence-electron chi connectivity index (χ4n) is 2.70. The van der Waals surface area contributed by atoms with Crippen LogP contribution in [0.2, 0.25) is 0 Å². The van der Waals surface area contributed by atoms with Crippen molar-refractivity contribution in [1.29, 1.82) is 0 Å². The van der Waals surface area contributed by atoms with E-state index < -0.39 is 17.5 Å². The number of epoxide rings is 2. The molecule has 3 fully saturated rings. The van der Waals surface area contributed by atoms with Gasteiger partial charge in [-0.3, -0.25) is 9.59 Å². The lowest BCUT2D eigenvalue weighted by Gasteiger charge is -2.21. The summed E-state index contributed by atoms with van der Waals surface area (Å²) in [6, 6.07) is 0. The van der Waals surface area contributed by atoms with Gasteiger partial charge in [0.25, 0.3) is 0 Å². The molecule has 0 bridgehead atoms. The maximum absolute atomic E-state index is 11.7. The number of carbonyl (C=O) groups excluding carboxylic acids is 1. The van der Waals surface area contributed by atoms with Crippen molar-refractivity contribution >= 4 is 11.9 Å². The molecule has 0 atom stereocenters. The number of ether oxygens (including phenoxy) is 3. The first-order valence-electron chi connectivity index (χ1n) is 6.37. The minimum Gasteiger partial charge on any atom is -0.481 e. The Labute approximate surface area is 104 Å². The zero-order chi connectivity index (χ0) is 12.8. The van der Waals surface area contributed by atoms with Crippen LogP contribution in [0.3, 0.4) is 0 Å². The number of fused-ring (bicyclic) bond motifs is 1. The first kappa shape index (κ1) is 11.9. The lowest BCUT2D eigenvalue weighted by molar-refractivity contribution is -0.160. The van der Waals surface area contributed by atoms with Gasteiger partial charge in [0.15, 0.2) is 0 Å². The van der Waals surface area contributed by atoms with Crippen LogP contribution in [0.5, 0.6) is 0 Å². The summed E-state index contributed by atoms with van der Waals surface area (Å²) >= 11 is 0. The van der Waals surface area contributed by atoms with Crippen LogP contribution in [0.1, 0.15) is 44.9 Å². The highest BCUT2D eigenvalue weighted by Crippen LogP contribution is 2.71. The molecule has 2 saturated heterocycles. The Morgan fingerprint density at radius 3 is 2.33 bits per heavy atom. The molecule has 1 aliphatic carbocycles. The summed E-state index contributed by atoms with van der Waals surface area (Å²) in [4.78, 5) is 22.2. The molecule has 1 N–H and O–H groups in total. The molecule has 0 aromatic carbocycles. The van der Waals surface area contributed by atoms with E-state index in [-0.39, 0.29) is 24.9 Å². The highest BCUT2D eigenvalue weighted by molar-refractivity contribution is 5.75. The molecular formula is C12H16O6. The fraction of sp³-hybridized carbons (Fsp3) is 0.833. The molecule has 2 heterocycles. The SMILES string of the molecule is O=C(O)CC12OC1(CC(=O)OC1CCCCC1)O2. The Kier molecular flexibility index (Phi) is 2.60. The number of rotatable bonds is 5. The quantitative estimate of drug-likeness (QED) is 0.587. The molecule has 18 heavy (non-hydrogen) atoms. The lowest BCUT2D eigenvalue weighted by Crippen LogP contribution is -2.22. The first-order valence-corrected chi connectivity index (χ1v) is 6.37. The molecule has 0 amide bonds. The van der Waals surface area contributed by atoms with Crippen LogP contribution in [0.4, 0.5) is 0 Å². The summed E-state index contributed by atoms with van der Waals surface area (Å²) < 4.78 is 15.6. The third kappa shape index (κ3) is 1.99. The molecular weight excluding hydrogens is 240 g/mol. The molecule has 0 radical (unpaired) electrons. The van der Waals surface area contributed by atoms with Crippen molar-refractivity contribution in [3.8, 4) is 0 Å². The topological polar surface area (TPSA) is 88.7 Å². The van der Waals surface area contributed by atoms with E-state index in [1.165, 1.54) is 6.42 Å². The fourth-order valence-corrected chi connectivity index (χ4v) is 2.70. The Morgan fingerprint density at radius 1 is 1.11 bits per heavy atom. The van der Waals surface area contributed by atoms with Crippen molar-refractivity contribution in [2.24, 2.45) is 0 Å². The molecule has 6 heteroatoms. The Bertz CT molecular complexity index is 378. The van der Waals surface area contributed by atoms with Crippen LogP contribution < -0.4 is 0 Å². The molecule has 1 saturated carbocycles. The van der Waals surface area contributed by atoms with Crippen molar-refractivity contribution < 1.29 is 28.9 Å². The van der Waals surface area contributed by atoms with Gasteiger partial charge in [0.05, 0.1) is 0 Å². The Balaban J connectivity index is 1.45. The third-order valence-electron chi connectivity index (χ3n) is 3.77. The van der Waals surface area contributed by atoms with Gasteiger partial charge in [-0.2, -0.15) is 0 Å². The first-order chi connectivity index (χ1) is 8.55. The van der Waals surface area contributed by atoms with Crippen molar-refractivity contribution in [1.82, 2.24) is 0 Å². The number of esters is 1. The van der Waals surface area contributed by atoms with E-state index in [0.29, 0.717) is 0 Å². The molecule has 3 aliphatic rings. The van der Waals surface area contributed by atoms with Crippen LogP contribution in [-0.2, 0) is 23.8 Å².